The smallest absolute Gasteiger partial charge is 0.217 e. The molecule has 1 unspecified atom stereocenters. The minimum Gasteiger partial charge on any atom is -0.726 e. The van der Waals surface area contributed by atoms with Crippen molar-refractivity contribution < 1.29 is 22.1 Å². The van der Waals surface area contributed by atoms with E-state index in [1.54, 1.807) is 0 Å². The highest BCUT2D eigenvalue weighted by molar-refractivity contribution is 7.80. The van der Waals surface area contributed by atoms with Gasteiger partial charge in [-0.05, 0) is 6.42 Å². The normalized spacial score (nSPS) is 13.5. The van der Waals surface area contributed by atoms with E-state index >= 15 is 0 Å². The van der Waals surface area contributed by atoms with Crippen LogP contribution in [0.5, 0.6) is 0 Å². The van der Waals surface area contributed by atoms with Crippen molar-refractivity contribution >= 4 is 10.4 Å². The number of nitrogens with one attached hydrogen (secondary N) is 1. The van der Waals surface area contributed by atoms with Gasteiger partial charge in [-0.2, -0.15) is 0 Å². The van der Waals surface area contributed by atoms with E-state index in [2.05, 4.69) is 6.92 Å². The summed E-state index contributed by atoms with van der Waals surface area (Å²) in [6.07, 6.45) is 16.1. The van der Waals surface area contributed by atoms with Crippen LogP contribution < -0.4 is 4.90 Å². The van der Waals surface area contributed by atoms with Crippen molar-refractivity contribution in [3.05, 3.63) is 0 Å². The third-order valence-corrected chi connectivity index (χ3v) is 5.11. The number of hydrogen-bond acceptors (Lipinski definition) is 4. The van der Waals surface area contributed by atoms with E-state index in [1.807, 2.05) is 14.1 Å². The van der Waals surface area contributed by atoms with Gasteiger partial charge in [-0.3, -0.25) is 4.18 Å². The quantitative estimate of drug-likeness (QED) is 0.225. The van der Waals surface area contributed by atoms with Gasteiger partial charge in [0.1, 0.15) is 0 Å². The van der Waals surface area contributed by atoms with E-state index in [0.29, 0.717) is 12.8 Å². The van der Waals surface area contributed by atoms with Gasteiger partial charge >= 0.3 is 0 Å². The first-order valence-corrected chi connectivity index (χ1v) is 11.6. The number of unbranched alkanes of at least 4 members (excludes halogenated alkanes) is 11. The highest BCUT2D eigenvalue weighted by atomic mass is 32.3. The monoisotopic (exact) mass is 379 g/mol. The van der Waals surface area contributed by atoms with E-state index in [1.165, 1.54) is 69.1 Å². The first kappa shape index (κ1) is 24.8. The van der Waals surface area contributed by atoms with E-state index in [0.717, 1.165) is 19.4 Å². The summed E-state index contributed by atoms with van der Waals surface area (Å²) in [5, 5.41) is 0. The molecule has 0 aliphatic heterocycles. The molecule has 25 heavy (non-hydrogen) atoms. The molecule has 0 aromatic rings. The molecular weight excluding hydrogens is 338 g/mol. The average molecular weight is 380 g/mol. The molecule has 0 aromatic carbocycles. The van der Waals surface area contributed by atoms with Crippen molar-refractivity contribution in [2.45, 2.75) is 103 Å². The first-order valence-electron chi connectivity index (χ1n) is 10.3. The number of hydrogen-bond donors (Lipinski definition) is 1. The van der Waals surface area contributed by atoms with Crippen LogP contribution >= 0.6 is 0 Å². The second kappa shape index (κ2) is 16.0. The van der Waals surface area contributed by atoms with Crippen LogP contribution in [0.15, 0.2) is 0 Å². The van der Waals surface area contributed by atoms with E-state index in [9.17, 15) is 13.0 Å². The molecule has 5 nitrogen and oxygen atoms in total. The van der Waals surface area contributed by atoms with E-state index in [-0.39, 0.29) is 0 Å². The Morgan fingerprint density at radius 1 is 0.800 bits per heavy atom. The molecule has 6 heteroatoms. The fraction of sp³-hybridized carbons (Fsp3) is 1.00. The van der Waals surface area contributed by atoms with Gasteiger partial charge < -0.3 is 9.45 Å². The van der Waals surface area contributed by atoms with E-state index < -0.39 is 16.5 Å². The van der Waals surface area contributed by atoms with E-state index in [4.69, 9.17) is 4.18 Å². The van der Waals surface area contributed by atoms with Crippen LogP contribution in [0.4, 0.5) is 0 Å². The summed E-state index contributed by atoms with van der Waals surface area (Å²) in [7, 11) is -0.584. The zero-order chi connectivity index (χ0) is 19.0. The Morgan fingerprint density at radius 2 is 1.24 bits per heavy atom. The van der Waals surface area contributed by atoms with Crippen LogP contribution in [0, 0.1) is 0 Å². The van der Waals surface area contributed by atoms with Crippen LogP contribution in [0.2, 0.25) is 0 Å². The van der Waals surface area contributed by atoms with Crippen LogP contribution in [-0.4, -0.2) is 39.7 Å². The average Bonchev–Trinajstić information content (AvgIpc) is 2.52. The molecule has 0 saturated carbocycles. The fourth-order valence-corrected chi connectivity index (χ4v) is 3.60. The summed E-state index contributed by atoms with van der Waals surface area (Å²) in [4.78, 5) is 1.23. The van der Waals surface area contributed by atoms with Crippen molar-refractivity contribution in [2.24, 2.45) is 0 Å². The Labute approximate surface area is 156 Å². The van der Waals surface area contributed by atoms with Crippen molar-refractivity contribution in [1.82, 2.24) is 0 Å². The van der Waals surface area contributed by atoms with Crippen LogP contribution in [0.25, 0.3) is 0 Å². The molecule has 0 radical (unpaired) electrons. The zero-order valence-corrected chi connectivity index (χ0v) is 17.5. The Kier molecular flexibility index (Phi) is 15.9. The second-order valence-electron chi connectivity index (χ2n) is 7.55. The summed E-state index contributed by atoms with van der Waals surface area (Å²) in [5.74, 6) is 0. The first-order chi connectivity index (χ1) is 11.8. The van der Waals surface area contributed by atoms with Crippen molar-refractivity contribution in [3.8, 4) is 0 Å². The summed E-state index contributed by atoms with van der Waals surface area (Å²) in [6.45, 7) is 3.05. The molecule has 1 N–H and O–H groups in total. The van der Waals surface area contributed by atoms with Gasteiger partial charge in [-0.1, -0.05) is 84.0 Å². The van der Waals surface area contributed by atoms with Crippen molar-refractivity contribution in [1.29, 1.82) is 0 Å². The second-order valence-corrected chi connectivity index (χ2v) is 8.56. The SMILES string of the molecule is CCCCCCCCCCCCCCC(CC[NH+](C)C)OS(=O)(=O)[O-]. The lowest BCUT2D eigenvalue weighted by molar-refractivity contribution is -0.858. The minimum atomic E-state index is -4.60. The fourth-order valence-electron chi connectivity index (χ4n) is 3.07. The molecule has 0 bridgehead atoms. The van der Waals surface area contributed by atoms with Gasteiger partial charge in [0, 0.05) is 6.42 Å². The van der Waals surface area contributed by atoms with Crippen LogP contribution in [0.1, 0.15) is 96.8 Å². The molecule has 0 aliphatic carbocycles. The molecule has 0 saturated heterocycles. The molecule has 0 aromatic heterocycles. The van der Waals surface area contributed by atoms with Crippen molar-refractivity contribution in [3.63, 3.8) is 0 Å². The highest BCUT2D eigenvalue weighted by Gasteiger charge is 2.14. The number of quaternary nitrogens is 1. The maximum Gasteiger partial charge on any atom is 0.217 e. The van der Waals surface area contributed by atoms with Gasteiger partial charge in [0.15, 0.2) is 0 Å². The van der Waals surface area contributed by atoms with Gasteiger partial charge in [0.05, 0.1) is 26.7 Å². The summed E-state index contributed by atoms with van der Waals surface area (Å²) < 4.78 is 37.2. The molecule has 0 heterocycles. The summed E-state index contributed by atoms with van der Waals surface area (Å²) in [5.41, 5.74) is 0. The Balaban J connectivity index is 3.60. The van der Waals surface area contributed by atoms with Gasteiger partial charge in [-0.15, -0.1) is 0 Å². The van der Waals surface area contributed by atoms with Gasteiger partial charge in [0.2, 0.25) is 10.4 Å². The topological polar surface area (TPSA) is 70.9 Å². The maximum absolute atomic E-state index is 10.8. The molecule has 0 aliphatic rings. The lowest BCUT2D eigenvalue weighted by atomic mass is 10.0. The molecule has 0 amide bonds. The molecular formula is C19H41NO4S. The molecule has 0 fully saturated rings. The third kappa shape index (κ3) is 20.0. The highest BCUT2D eigenvalue weighted by Crippen LogP contribution is 2.15. The Bertz CT molecular complexity index is 385. The Hall–Kier alpha value is -0.170. The summed E-state index contributed by atoms with van der Waals surface area (Å²) in [6, 6.07) is 0. The maximum atomic E-state index is 10.8. The Morgan fingerprint density at radius 3 is 1.64 bits per heavy atom. The third-order valence-electron chi connectivity index (χ3n) is 4.60. The van der Waals surface area contributed by atoms with Gasteiger partial charge in [-0.25, -0.2) is 8.42 Å². The van der Waals surface area contributed by atoms with Gasteiger partial charge in [0.25, 0.3) is 0 Å². The number of rotatable bonds is 18. The lowest BCUT2D eigenvalue weighted by Gasteiger charge is -2.20. The molecule has 152 valence electrons. The molecule has 1 atom stereocenters. The minimum absolute atomic E-state index is 0.458. The predicted octanol–water partition coefficient (Wildman–Crippen LogP) is 3.46. The molecule has 0 spiro atoms. The zero-order valence-electron chi connectivity index (χ0n) is 16.7. The molecule has 0 rings (SSSR count). The summed E-state index contributed by atoms with van der Waals surface area (Å²) >= 11 is 0. The predicted molar refractivity (Wildman–Crippen MR) is 103 cm³/mol. The van der Waals surface area contributed by atoms with Crippen LogP contribution in [0.3, 0.4) is 0 Å². The standard InChI is InChI=1S/C19H41NO4S/c1-4-5-6-7-8-9-10-11-12-13-14-15-16-19(17-18-20(2)3)24-25(21,22)23/h19H,4-18H2,1-3H3,(H,21,22,23). The largest absolute Gasteiger partial charge is 0.726 e. The van der Waals surface area contributed by atoms with Crippen LogP contribution in [-0.2, 0) is 14.6 Å². The van der Waals surface area contributed by atoms with Crippen molar-refractivity contribution in [2.75, 3.05) is 20.6 Å². The lowest BCUT2D eigenvalue weighted by Crippen LogP contribution is -3.05.